The van der Waals surface area contributed by atoms with Crippen molar-refractivity contribution >= 4 is 6.29 Å². The van der Waals surface area contributed by atoms with Crippen LogP contribution < -0.4 is 0 Å². The molecular weight excluding hydrogens is 184 g/mol. The highest BCUT2D eigenvalue weighted by Crippen LogP contribution is 2.33. The standard InChI is InChI=1S/C14H18O/c15-11-12-5-4-8-14(10-9-12)13-6-2-1-3-7-13/h1-3,6-7,11-12,14H,4-5,8-10H2/t12-,14+/m1/s1. The van der Waals surface area contributed by atoms with Gasteiger partial charge in [0, 0.05) is 5.92 Å². The average molecular weight is 202 g/mol. The lowest BCUT2D eigenvalue weighted by Crippen LogP contribution is -2.00. The van der Waals surface area contributed by atoms with E-state index in [2.05, 4.69) is 30.3 Å². The molecule has 2 rings (SSSR count). The first-order chi connectivity index (χ1) is 7.40. The Morgan fingerprint density at radius 3 is 2.53 bits per heavy atom. The zero-order valence-corrected chi connectivity index (χ0v) is 9.06. The van der Waals surface area contributed by atoms with Crippen LogP contribution in [0.3, 0.4) is 0 Å². The molecule has 1 aliphatic rings. The monoisotopic (exact) mass is 202 g/mol. The second-order valence-corrected chi connectivity index (χ2v) is 4.51. The third-order valence-electron chi connectivity index (χ3n) is 3.48. The normalized spacial score (nSPS) is 26.9. The summed E-state index contributed by atoms with van der Waals surface area (Å²) < 4.78 is 0. The maximum Gasteiger partial charge on any atom is 0.123 e. The van der Waals surface area contributed by atoms with Gasteiger partial charge in [-0.2, -0.15) is 0 Å². The summed E-state index contributed by atoms with van der Waals surface area (Å²) in [5.74, 6) is 0.995. The van der Waals surface area contributed by atoms with Crippen LogP contribution in [0.25, 0.3) is 0 Å². The molecule has 0 amide bonds. The maximum absolute atomic E-state index is 10.8. The highest BCUT2D eigenvalue weighted by Gasteiger charge is 2.19. The molecular formula is C14H18O. The highest BCUT2D eigenvalue weighted by atomic mass is 16.1. The quantitative estimate of drug-likeness (QED) is 0.529. The van der Waals surface area contributed by atoms with Gasteiger partial charge in [-0.1, -0.05) is 36.8 Å². The molecule has 1 saturated carbocycles. The lowest BCUT2D eigenvalue weighted by Gasteiger charge is -2.13. The Labute approximate surface area is 91.5 Å². The van der Waals surface area contributed by atoms with Gasteiger partial charge in [-0.3, -0.25) is 0 Å². The van der Waals surface area contributed by atoms with E-state index in [1.165, 1.54) is 24.8 Å². The molecule has 0 heterocycles. The molecule has 2 atom stereocenters. The zero-order valence-electron chi connectivity index (χ0n) is 9.06. The van der Waals surface area contributed by atoms with Crippen LogP contribution in [0.2, 0.25) is 0 Å². The van der Waals surface area contributed by atoms with Crippen LogP contribution in [-0.2, 0) is 4.79 Å². The minimum atomic E-state index is 0.318. The van der Waals surface area contributed by atoms with Crippen LogP contribution in [0.5, 0.6) is 0 Å². The van der Waals surface area contributed by atoms with Crippen LogP contribution in [0, 0.1) is 5.92 Å². The van der Waals surface area contributed by atoms with Gasteiger partial charge in [0.2, 0.25) is 0 Å². The molecule has 0 spiro atoms. The van der Waals surface area contributed by atoms with Gasteiger partial charge in [-0.05, 0) is 37.2 Å². The third kappa shape index (κ3) is 2.68. The molecule has 1 aliphatic carbocycles. The second kappa shape index (κ2) is 5.11. The van der Waals surface area contributed by atoms with E-state index in [4.69, 9.17) is 0 Å². The lowest BCUT2D eigenvalue weighted by molar-refractivity contribution is -0.111. The van der Waals surface area contributed by atoms with Crippen molar-refractivity contribution < 1.29 is 4.79 Å². The molecule has 0 radical (unpaired) electrons. The number of carbonyl (C=O) groups excluding carboxylic acids is 1. The molecule has 0 N–H and O–H groups in total. The van der Waals surface area contributed by atoms with Crippen molar-refractivity contribution in [2.75, 3.05) is 0 Å². The second-order valence-electron chi connectivity index (χ2n) is 4.51. The number of hydrogen-bond acceptors (Lipinski definition) is 1. The predicted molar refractivity (Wildman–Crippen MR) is 61.8 cm³/mol. The Morgan fingerprint density at radius 2 is 1.80 bits per heavy atom. The van der Waals surface area contributed by atoms with E-state index in [1.54, 1.807) is 0 Å². The SMILES string of the molecule is O=C[C@@H]1CCC[C@H](c2ccccc2)CC1. The molecule has 0 aliphatic heterocycles. The van der Waals surface area contributed by atoms with Crippen molar-refractivity contribution in [3.05, 3.63) is 35.9 Å². The van der Waals surface area contributed by atoms with Crippen LogP contribution in [0.15, 0.2) is 30.3 Å². The minimum absolute atomic E-state index is 0.318. The predicted octanol–water partition coefficient (Wildman–Crippen LogP) is 3.55. The van der Waals surface area contributed by atoms with Gasteiger partial charge in [0.05, 0.1) is 0 Å². The fraction of sp³-hybridized carbons (Fsp3) is 0.500. The van der Waals surface area contributed by atoms with Gasteiger partial charge in [-0.25, -0.2) is 0 Å². The molecule has 1 nitrogen and oxygen atoms in total. The Hall–Kier alpha value is -1.11. The van der Waals surface area contributed by atoms with Crippen molar-refractivity contribution in [1.29, 1.82) is 0 Å². The molecule has 15 heavy (non-hydrogen) atoms. The average Bonchev–Trinajstić information content (AvgIpc) is 2.55. The Bertz CT molecular complexity index is 304. The number of carbonyl (C=O) groups is 1. The summed E-state index contributed by atoms with van der Waals surface area (Å²) >= 11 is 0. The van der Waals surface area contributed by atoms with Crippen molar-refractivity contribution in [3.8, 4) is 0 Å². The molecule has 0 saturated heterocycles. The number of rotatable bonds is 2. The van der Waals surface area contributed by atoms with Crippen molar-refractivity contribution in [2.24, 2.45) is 5.92 Å². The first-order valence-corrected chi connectivity index (χ1v) is 5.90. The van der Waals surface area contributed by atoms with E-state index in [0.29, 0.717) is 11.8 Å². The van der Waals surface area contributed by atoms with E-state index < -0.39 is 0 Å². The fourth-order valence-electron chi connectivity index (χ4n) is 2.52. The van der Waals surface area contributed by atoms with E-state index in [1.807, 2.05) is 0 Å². The summed E-state index contributed by atoms with van der Waals surface area (Å²) in [5.41, 5.74) is 1.45. The first kappa shape index (κ1) is 10.4. The number of aldehydes is 1. The lowest BCUT2D eigenvalue weighted by atomic mass is 9.91. The topological polar surface area (TPSA) is 17.1 Å². The van der Waals surface area contributed by atoms with Crippen LogP contribution >= 0.6 is 0 Å². The Kier molecular flexibility index (Phi) is 3.54. The zero-order chi connectivity index (χ0) is 10.5. The van der Waals surface area contributed by atoms with E-state index in [-0.39, 0.29) is 0 Å². The Balaban J connectivity index is 2.02. The van der Waals surface area contributed by atoms with Crippen LogP contribution in [0.4, 0.5) is 0 Å². The molecule has 1 aromatic rings. The maximum atomic E-state index is 10.8. The summed E-state index contributed by atoms with van der Waals surface area (Å²) in [6.07, 6.45) is 6.92. The molecule has 1 fully saturated rings. The number of hydrogen-bond donors (Lipinski definition) is 0. The molecule has 80 valence electrons. The van der Waals surface area contributed by atoms with Crippen LogP contribution in [-0.4, -0.2) is 6.29 Å². The van der Waals surface area contributed by atoms with E-state index >= 15 is 0 Å². The van der Waals surface area contributed by atoms with Gasteiger partial charge in [0.1, 0.15) is 6.29 Å². The van der Waals surface area contributed by atoms with Crippen molar-refractivity contribution in [2.45, 2.75) is 38.0 Å². The van der Waals surface area contributed by atoms with Crippen LogP contribution in [0.1, 0.15) is 43.6 Å². The Morgan fingerprint density at radius 1 is 1.00 bits per heavy atom. The summed E-state index contributed by atoms with van der Waals surface area (Å²) in [6.45, 7) is 0. The summed E-state index contributed by atoms with van der Waals surface area (Å²) in [5, 5.41) is 0. The fourth-order valence-corrected chi connectivity index (χ4v) is 2.52. The van der Waals surface area contributed by atoms with E-state index in [9.17, 15) is 4.79 Å². The highest BCUT2D eigenvalue weighted by molar-refractivity contribution is 5.53. The van der Waals surface area contributed by atoms with E-state index in [0.717, 1.165) is 19.1 Å². The summed E-state index contributed by atoms with van der Waals surface area (Å²) in [4.78, 5) is 10.8. The molecule has 1 aromatic carbocycles. The molecule has 0 unspecified atom stereocenters. The summed E-state index contributed by atoms with van der Waals surface area (Å²) in [6, 6.07) is 10.7. The minimum Gasteiger partial charge on any atom is -0.303 e. The summed E-state index contributed by atoms with van der Waals surface area (Å²) in [7, 11) is 0. The first-order valence-electron chi connectivity index (χ1n) is 5.90. The third-order valence-corrected chi connectivity index (χ3v) is 3.48. The van der Waals surface area contributed by atoms with Gasteiger partial charge >= 0.3 is 0 Å². The number of benzene rings is 1. The van der Waals surface area contributed by atoms with Gasteiger partial charge in [0.25, 0.3) is 0 Å². The molecule has 0 aromatic heterocycles. The van der Waals surface area contributed by atoms with Crippen molar-refractivity contribution in [3.63, 3.8) is 0 Å². The molecule has 1 heteroatoms. The van der Waals surface area contributed by atoms with Gasteiger partial charge in [-0.15, -0.1) is 0 Å². The van der Waals surface area contributed by atoms with Gasteiger partial charge in [0.15, 0.2) is 0 Å². The largest absolute Gasteiger partial charge is 0.303 e. The van der Waals surface area contributed by atoms with Crippen molar-refractivity contribution in [1.82, 2.24) is 0 Å². The van der Waals surface area contributed by atoms with Gasteiger partial charge < -0.3 is 4.79 Å². The smallest absolute Gasteiger partial charge is 0.123 e. The molecule has 0 bridgehead atoms.